The van der Waals surface area contributed by atoms with Crippen molar-refractivity contribution in [2.45, 2.75) is 33.3 Å². The molecule has 6 heteroatoms. The van der Waals surface area contributed by atoms with Gasteiger partial charge in [0.25, 0.3) is 5.91 Å². The van der Waals surface area contributed by atoms with E-state index in [9.17, 15) is 4.79 Å². The number of benzene rings is 3. The number of hydrogen-bond donors (Lipinski definition) is 1. The zero-order valence-electron chi connectivity index (χ0n) is 19.5. The van der Waals surface area contributed by atoms with Crippen molar-refractivity contribution in [3.8, 4) is 11.5 Å². The molecule has 0 saturated carbocycles. The van der Waals surface area contributed by atoms with Gasteiger partial charge in [0.15, 0.2) is 18.1 Å². The molecule has 1 N–H and O–H groups in total. The Kier molecular flexibility index (Phi) is 8.47. The van der Waals surface area contributed by atoms with Crippen molar-refractivity contribution in [1.82, 2.24) is 0 Å². The topological polar surface area (TPSA) is 69.2 Å². The van der Waals surface area contributed by atoms with Crippen molar-refractivity contribution in [2.75, 3.05) is 19.0 Å². The monoisotopic (exact) mass is 446 g/mol. The molecule has 0 heterocycles. The Morgan fingerprint density at radius 3 is 2.55 bits per heavy atom. The first-order valence-electron chi connectivity index (χ1n) is 10.9. The highest BCUT2D eigenvalue weighted by Gasteiger charge is 2.12. The molecule has 172 valence electrons. The molecule has 3 aromatic rings. The van der Waals surface area contributed by atoms with E-state index >= 15 is 0 Å². The fourth-order valence-corrected chi connectivity index (χ4v) is 3.33. The number of oxime groups is 1. The van der Waals surface area contributed by atoms with Crippen LogP contribution in [0.3, 0.4) is 0 Å². The maximum Gasteiger partial charge on any atom is 0.265 e. The molecule has 0 aliphatic carbocycles. The first-order chi connectivity index (χ1) is 16.0. The minimum Gasteiger partial charge on any atom is -0.493 e. The summed E-state index contributed by atoms with van der Waals surface area (Å²) in [5.74, 6) is 1.27. The summed E-state index contributed by atoms with van der Waals surface area (Å²) in [5, 5.41) is 6.86. The summed E-state index contributed by atoms with van der Waals surface area (Å²) in [6.07, 6.45) is 1.53. The lowest BCUT2D eigenvalue weighted by molar-refractivity contribution is -0.120. The van der Waals surface area contributed by atoms with Crippen molar-refractivity contribution in [3.05, 3.63) is 89.0 Å². The molecule has 0 atom stereocenters. The SMILES string of the molecule is COc1cc(/C=N/OCC(=O)Nc2c(C)cccc2C(C)C)ccc1OCc1ccccc1. The Balaban J connectivity index is 1.54. The van der Waals surface area contributed by atoms with E-state index in [1.807, 2.05) is 67.6 Å². The van der Waals surface area contributed by atoms with E-state index in [0.29, 0.717) is 24.0 Å². The molecular weight excluding hydrogens is 416 g/mol. The van der Waals surface area contributed by atoms with Crippen LogP contribution in [0.1, 0.15) is 42.0 Å². The molecule has 33 heavy (non-hydrogen) atoms. The second-order valence-electron chi connectivity index (χ2n) is 7.93. The Morgan fingerprint density at radius 1 is 1.03 bits per heavy atom. The van der Waals surface area contributed by atoms with Crippen LogP contribution in [-0.4, -0.2) is 25.8 Å². The Hall–Kier alpha value is -3.80. The van der Waals surface area contributed by atoms with Crippen LogP contribution in [0.25, 0.3) is 0 Å². The third-order valence-corrected chi connectivity index (χ3v) is 5.09. The summed E-state index contributed by atoms with van der Waals surface area (Å²) < 4.78 is 11.3. The molecular formula is C27H30N2O4. The fourth-order valence-electron chi connectivity index (χ4n) is 3.33. The molecule has 1 amide bonds. The zero-order valence-corrected chi connectivity index (χ0v) is 19.5. The molecule has 0 aliphatic rings. The van der Waals surface area contributed by atoms with Crippen molar-refractivity contribution in [3.63, 3.8) is 0 Å². The van der Waals surface area contributed by atoms with Crippen LogP contribution >= 0.6 is 0 Å². The van der Waals surface area contributed by atoms with Gasteiger partial charge in [0.2, 0.25) is 0 Å². The molecule has 0 saturated heterocycles. The number of para-hydroxylation sites is 1. The van der Waals surface area contributed by atoms with E-state index in [-0.39, 0.29) is 12.5 Å². The fraction of sp³-hybridized carbons (Fsp3) is 0.259. The molecule has 0 radical (unpaired) electrons. The first kappa shape index (κ1) is 23.9. The third kappa shape index (κ3) is 6.84. The van der Waals surface area contributed by atoms with Crippen molar-refractivity contribution >= 4 is 17.8 Å². The number of amides is 1. The molecule has 0 aromatic heterocycles. The highest BCUT2D eigenvalue weighted by Crippen LogP contribution is 2.29. The average molecular weight is 447 g/mol. The molecule has 0 spiro atoms. The van der Waals surface area contributed by atoms with Crippen molar-refractivity contribution in [2.24, 2.45) is 5.16 Å². The van der Waals surface area contributed by atoms with Crippen LogP contribution < -0.4 is 14.8 Å². The highest BCUT2D eigenvalue weighted by molar-refractivity contribution is 5.93. The van der Waals surface area contributed by atoms with E-state index in [4.69, 9.17) is 14.3 Å². The summed E-state index contributed by atoms with van der Waals surface area (Å²) in [6, 6.07) is 21.4. The highest BCUT2D eigenvalue weighted by atomic mass is 16.6. The number of carbonyl (C=O) groups excluding carboxylic acids is 1. The zero-order chi connectivity index (χ0) is 23.6. The van der Waals surface area contributed by atoms with Gasteiger partial charge in [-0.2, -0.15) is 0 Å². The van der Waals surface area contributed by atoms with Gasteiger partial charge in [0, 0.05) is 11.3 Å². The number of carbonyl (C=O) groups is 1. The van der Waals surface area contributed by atoms with Gasteiger partial charge in [-0.15, -0.1) is 0 Å². The van der Waals surface area contributed by atoms with Gasteiger partial charge >= 0.3 is 0 Å². The second-order valence-corrected chi connectivity index (χ2v) is 7.93. The van der Waals surface area contributed by atoms with Crippen LogP contribution in [0.2, 0.25) is 0 Å². The number of rotatable bonds is 10. The van der Waals surface area contributed by atoms with E-state index < -0.39 is 0 Å². The van der Waals surface area contributed by atoms with Crippen LogP contribution in [0.4, 0.5) is 5.69 Å². The van der Waals surface area contributed by atoms with E-state index in [0.717, 1.165) is 27.9 Å². The number of ether oxygens (including phenoxy) is 2. The van der Waals surface area contributed by atoms with Crippen LogP contribution in [0, 0.1) is 6.92 Å². The quantitative estimate of drug-likeness (QED) is 0.321. The third-order valence-electron chi connectivity index (χ3n) is 5.09. The van der Waals surface area contributed by atoms with Crippen LogP contribution in [0.15, 0.2) is 71.9 Å². The number of anilines is 1. The molecule has 0 fully saturated rings. The smallest absolute Gasteiger partial charge is 0.265 e. The van der Waals surface area contributed by atoms with Gasteiger partial charge in [-0.1, -0.05) is 67.5 Å². The Bertz CT molecular complexity index is 1090. The number of hydrogen-bond acceptors (Lipinski definition) is 5. The number of nitrogens with zero attached hydrogens (tertiary/aromatic N) is 1. The normalized spacial score (nSPS) is 10.9. The summed E-state index contributed by atoms with van der Waals surface area (Å²) in [7, 11) is 1.59. The Labute approximate surface area is 195 Å². The van der Waals surface area contributed by atoms with Crippen LogP contribution in [-0.2, 0) is 16.2 Å². The van der Waals surface area contributed by atoms with Crippen LogP contribution in [0.5, 0.6) is 11.5 Å². The van der Waals surface area contributed by atoms with Crippen molar-refractivity contribution in [1.29, 1.82) is 0 Å². The predicted octanol–water partition coefficient (Wildman–Crippen LogP) is 5.70. The minimum absolute atomic E-state index is 0.183. The lowest BCUT2D eigenvalue weighted by Gasteiger charge is -2.16. The molecule has 3 rings (SSSR count). The summed E-state index contributed by atoms with van der Waals surface area (Å²) >= 11 is 0. The largest absolute Gasteiger partial charge is 0.493 e. The second kappa shape index (κ2) is 11.7. The van der Waals surface area contributed by atoms with Gasteiger partial charge in [-0.05, 0) is 47.7 Å². The van der Waals surface area contributed by atoms with E-state index in [2.05, 4.69) is 24.3 Å². The van der Waals surface area contributed by atoms with Gasteiger partial charge in [0.05, 0.1) is 13.3 Å². The van der Waals surface area contributed by atoms with Gasteiger partial charge in [0.1, 0.15) is 6.61 Å². The maximum absolute atomic E-state index is 12.3. The lowest BCUT2D eigenvalue weighted by Crippen LogP contribution is -2.19. The number of aryl methyl sites for hydroxylation is 1. The average Bonchev–Trinajstić information content (AvgIpc) is 2.82. The van der Waals surface area contributed by atoms with Crippen molar-refractivity contribution < 1.29 is 19.1 Å². The lowest BCUT2D eigenvalue weighted by atomic mass is 9.98. The molecule has 3 aromatic carbocycles. The van der Waals surface area contributed by atoms with Gasteiger partial charge in [-0.3, -0.25) is 4.79 Å². The summed E-state index contributed by atoms with van der Waals surface area (Å²) in [5.41, 5.74) is 4.78. The number of nitrogens with one attached hydrogen (secondary N) is 1. The number of methoxy groups -OCH3 is 1. The first-order valence-corrected chi connectivity index (χ1v) is 10.9. The van der Waals surface area contributed by atoms with E-state index in [1.165, 1.54) is 6.21 Å². The maximum atomic E-state index is 12.3. The molecule has 6 nitrogen and oxygen atoms in total. The standard InChI is InChI=1S/C27H30N2O4/c1-19(2)23-12-8-9-20(3)27(23)29-26(30)18-33-28-16-22-13-14-24(25(15-22)31-4)32-17-21-10-6-5-7-11-21/h5-16,19H,17-18H2,1-4H3,(H,29,30)/b28-16+. The molecule has 0 bridgehead atoms. The van der Waals surface area contributed by atoms with Gasteiger partial charge in [-0.25, -0.2) is 0 Å². The summed E-state index contributed by atoms with van der Waals surface area (Å²) in [6.45, 7) is 6.43. The summed E-state index contributed by atoms with van der Waals surface area (Å²) in [4.78, 5) is 17.5. The van der Waals surface area contributed by atoms with Gasteiger partial charge < -0.3 is 19.6 Å². The van der Waals surface area contributed by atoms with E-state index in [1.54, 1.807) is 13.2 Å². The molecule has 0 aliphatic heterocycles. The Morgan fingerprint density at radius 2 is 1.82 bits per heavy atom. The molecule has 0 unspecified atom stereocenters. The predicted molar refractivity (Wildman–Crippen MR) is 131 cm³/mol. The minimum atomic E-state index is -0.259.